The molecule has 1 nitrogen and oxygen atoms in total. The first-order valence-corrected chi connectivity index (χ1v) is 7.15. The summed E-state index contributed by atoms with van der Waals surface area (Å²) in [5.74, 6) is 0.168. The Balaban J connectivity index is 1.97. The van der Waals surface area contributed by atoms with Gasteiger partial charge in [-0.1, -0.05) is 48.0 Å². The van der Waals surface area contributed by atoms with E-state index in [0.717, 1.165) is 29.8 Å². The van der Waals surface area contributed by atoms with E-state index >= 15 is 0 Å². The average molecular weight is 273 g/mol. The summed E-state index contributed by atoms with van der Waals surface area (Å²) in [5, 5.41) is 11.4. The fraction of sp³-hybridized carbons (Fsp3) is 0.294. The van der Waals surface area contributed by atoms with E-state index in [1.807, 2.05) is 42.5 Å². The Morgan fingerprint density at radius 1 is 1.00 bits per heavy atom. The molecular formula is C17H17ClO. The lowest BCUT2D eigenvalue weighted by Gasteiger charge is -2.22. The Bertz CT molecular complexity index is 562. The topological polar surface area (TPSA) is 20.2 Å². The summed E-state index contributed by atoms with van der Waals surface area (Å²) < 4.78 is 0. The normalized spacial score (nSPS) is 22.6. The molecule has 98 valence electrons. The van der Waals surface area contributed by atoms with Crippen LogP contribution in [0, 0.1) is 0 Å². The predicted molar refractivity (Wildman–Crippen MR) is 78.5 cm³/mol. The van der Waals surface area contributed by atoms with Gasteiger partial charge in [0.2, 0.25) is 0 Å². The lowest BCUT2D eigenvalue weighted by molar-refractivity contribution is 0.142. The van der Waals surface area contributed by atoms with Crippen LogP contribution in [0.3, 0.4) is 0 Å². The van der Waals surface area contributed by atoms with Crippen LogP contribution in [0.2, 0.25) is 5.02 Å². The van der Waals surface area contributed by atoms with E-state index in [-0.39, 0.29) is 5.92 Å². The molecule has 2 heteroatoms. The van der Waals surface area contributed by atoms with Crippen LogP contribution in [0.5, 0.6) is 0 Å². The number of hydrogen-bond donors (Lipinski definition) is 1. The van der Waals surface area contributed by atoms with Crippen LogP contribution in [-0.4, -0.2) is 5.11 Å². The van der Waals surface area contributed by atoms with E-state index in [9.17, 15) is 5.11 Å². The molecule has 0 spiro atoms. The Hall–Kier alpha value is -1.31. The molecule has 0 aliphatic heterocycles. The average Bonchev–Trinajstić information content (AvgIpc) is 2.60. The number of hydrogen-bond acceptors (Lipinski definition) is 1. The van der Waals surface area contributed by atoms with E-state index in [0.29, 0.717) is 0 Å². The van der Waals surface area contributed by atoms with E-state index in [1.165, 1.54) is 11.1 Å². The summed E-state index contributed by atoms with van der Waals surface area (Å²) in [4.78, 5) is 0. The minimum absolute atomic E-state index is 0.168. The van der Waals surface area contributed by atoms with Crippen LogP contribution < -0.4 is 0 Å². The zero-order valence-electron chi connectivity index (χ0n) is 10.7. The third-order valence-corrected chi connectivity index (χ3v) is 4.27. The molecule has 1 aliphatic carbocycles. The number of rotatable bonds is 1. The highest BCUT2D eigenvalue weighted by atomic mass is 35.5. The van der Waals surface area contributed by atoms with Gasteiger partial charge in [0.1, 0.15) is 0 Å². The number of aliphatic hydroxyl groups excluding tert-OH is 1. The maximum atomic E-state index is 10.7. The van der Waals surface area contributed by atoms with Gasteiger partial charge in [0.15, 0.2) is 0 Å². The van der Waals surface area contributed by atoms with Gasteiger partial charge < -0.3 is 5.11 Å². The van der Waals surface area contributed by atoms with Gasteiger partial charge in [0, 0.05) is 10.9 Å². The van der Waals surface area contributed by atoms with Crippen LogP contribution in [0.15, 0.2) is 48.5 Å². The molecule has 0 fully saturated rings. The van der Waals surface area contributed by atoms with Crippen molar-refractivity contribution in [2.45, 2.75) is 31.3 Å². The fourth-order valence-corrected chi connectivity index (χ4v) is 3.12. The highest BCUT2D eigenvalue weighted by molar-refractivity contribution is 6.30. The zero-order valence-corrected chi connectivity index (χ0v) is 11.5. The number of fused-ring (bicyclic) bond motifs is 1. The van der Waals surface area contributed by atoms with E-state index in [2.05, 4.69) is 6.07 Å². The first-order chi connectivity index (χ1) is 9.25. The molecule has 1 aliphatic rings. The Morgan fingerprint density at radius 2 is 1.74 bits per heavy atom. The molecule has 2 aromatic rings. The van der Waals surface area contributed by atoms with Gasteiger partial charge in [-0.25, -0.2) is 0 Å². The number of benzene rings is 2. The summed E-state index contributed by atoms with van der Waals surface area (Å²) in [6, 6.07) is 16.1. The molecule has 0 saturated heterocycles. The number of aliphatic hydroxyl groups is 1. The van der Waals surface area contributed by atoms with Crippen molar-refractivity contribution in [3.05, 3.63) is 70.2 Å². The first kappa shape index (κ1) is 12.7. The minimum atomic E-state index is -0.417. The summed E-state index contributed by atoms with van der Waals surface area (Å²) in [7, 11) is 0. The molecule has 0 unspecified atom stereocenters. The minimum Gasteiger partial charge on any atom is -0.388 e. The lowest BCUT2D eigenvalue weighted by atomic mass is 9.87. The molecule has 1 N–H and O–H groups in total. The summed E-state index contributed by atoms with van der Waals surface area (Å²) >= 11 is 5.94. The van der Waals surface area contributed by atoms with E-state index in [1.54, 1.807) is 0 Å². The third-order valence-electron chi connectivity index (χ3n) is 4.01. The summed E-state index contributed by atoms with van der Waals surface area (Å²) in [5.41, 5.74) is 3.54. The second kappa shape index (κ2) is 5.36. The molecule has 0 bridgehead atoms. The van der Waals surface area contributed by atoms with Crippen LogP contribution in [-0.2, 0) is 6.42 Å². The van der Waals surface area contributed by atoms with Gasteiger partial charge in [-0.05, 0) is 48.1 Å². The Morgan fingerprint density at radius 3 is 2.53 bits per heavy atom. The van der Waals surface area contributed by atoms with Crippen molar-refractivity contribution in [3.8, 4) is 0 Å². The van der Waals surface area contributed by atoms with Crippen molar-refractivity contribution in [2.24, 2.45) is 0 Å². The summed E-state index contributed by atoms with van der Waals surface area (Å²) in [6.07, 6.45) is 2.76. The van der Waals surface area contributed by atoms with Crippen LogP contribution in [0.4, 0.5) is 0 Å². The SMILES string of the molecule is O[C@@H]1c2ccccc2CCC[C@@H]1c1ccc(Cl)cc1. The van der Waals surface area contributed by atoms with Crippen LogP contribution in [0.1, 0.15) is 41.6 Å². The van der Waals surface area contributed by atoms with E-state index < -0.39 is 6.10 Å². The highest BCUT2D eigenvalue weighted by Gasteiger charge is 2.26. The maximum absolute atomic E-state index is 10.7. The van der Waals surface area contributed by atoms with Gasteiger partial charge >= 0.3 is 0 Å². The van der Waals surface area contributed by atoms with Gasteiger partial charge in [-0.2, -0.15) is 0 Å². The van der Waals surface area contributed by atoms with Gasteiger partial charge in [0.05, 0.1) is 6.10 Å². The van der Waals surface area contributed by atoms with Gasteiger partial charge in [-0.3, -0.25) is 0 Å². The van der Waals surface area contributed by atoms with Crippen LogP contribution in [0.25, 0.3) is 0 Å². The molecule has 19 heavy (non-hydrogen) atoms. The standard InChI is InChI=1S/C17H17ClO/c18-14-10-8-13(9-11-14)16-7-3-5-12-4-1-2-6-15(12)17(16)19/h1-2,4,6,8-11,16-17,19H,3,5,7H2/t16-,17-/m1/s1. The molecular weight excluding hydrogens is 256 g/mol. The van der Waals surface area contributed by atoms with Crippen molar-refractivity contribution in [3.63, 3.8) is 0 Å². The van der Waals surface area contributed by atoms with Crippen molar-refractivity contribution < 1.29 is 5.11 Å². The molecule has 3 rings (SSSR count). The zero-order chi connectivity index (χ0) is 13.2. The molecule has 0 radical (unpaired) electrons. The second-order valence-corrected chi connectivity index (χ2v) is 5.63. The molecule has 2 atom stereocenters. The Kier molecular flexibility index (Phi) is 3.58. The molecule has 0 saturated carbocycles. The smallest absolute Gasteiger partial charge is 0.0861 e. The predicted octanol–water partition coefficient (Wildman–Crippen LogP) is 4.49. The van der Waals surface area contributed by atoms with Crippen molar-refractivity contribution >= 4 is 11.6 Å². The lowest BCUT2D eigenvalue weighted by Crippen LogP contribution is -2.10. The summed E-state index contributed by atoms with van der Waals surface area (Å²) in [6.45, 7) is 0. The van der Waals surface area contributed by atoms with Crippen LogP contribution >= 0.6 is 11.6 Å². The van der Waals surface area contributed by atoms with E-state index in [4.69, 9.17) is 11.6 Å². The molecule has 0 amide bonds. The van der Waals surface area contributed by atoms with Gasteiger partial charge in [0.25, 0.3) is 0 Å². The molecule has 2 aromatic carbocycles. The van der Waals surface area contributed by atoms with Crippen molar-refractivity contribution in [1.82, 2.24) is 0 Å². The largest absolute Gasteiger partial charge is 0.388 e. The molecule has 0 heterocycles. The van der Waals surface area contributed by atoms with Gasteiger partial charge in [-0.15, -0.1) is 0 Å². The fourth-order valence-electron chi connectivity index (χ4n) is 3.00. The highest BCUT2D eigenvalue weighted by Crippen LogP contribution is 2.39. The number of halogens is 1. The monoisotopic (exact) mass is 272 g/mol. The second-order valence-electron chi connectivity index (χ2n) is 5.19. The Labute approximate surface area is 118 Å². The van der Waals surface area contributed by atoms with Crippen molar-refractivity contribution in [1.29, 1.82) is 0 Å². The first-order valence-electron chi connectivity index (χ1n) is 6.77. The van der Waals surface area contributed by atoms with Crippen molar-refractivity contribution in [2.75, 3.05) is 0 Å². The quantitative estimate of drug-likeness (QED) is 0.758. The molecule has 0 aromatic heterocycles. The number of aryl methyl sites for hydroxylation is 1. The third kappa shape index (κ3) is 2.54. The maximum Gasteiger partial charge on any atom is 0.0861 e.